The molecule has 0 aliphatic carbocycles. The van der Waals surface area contributed by atoms with Crippen molar-refractivity contribution in [2.24, 2.45) is 10.9 Å². The van der Waals surface area contributed by atoms with Gasteiger partial charge in [0, 0.05) is 17.0 Å². The molecule has 108 valence electrons. The van der Waals surface area contributed by atoms with E-state index in [2.05, 4.69) is 4.99 Å². The lowest BCUT2D eigenvalue weighted by molar-refractivity contribution is -0.179. The first-order valence-electron chi connectivity index (χ1n) is 7.20. The van der Waals surface area contributed by atoms with Crippen LogP contribution >= 0.6 is 0 Å². The van der Waals surface area contributed by atoms with E-state index in [-0.39, 0.29) is 12.1 Å². The van der Waals surface area contributed by atoms with Gasteiger partial charge in [0.25, 0.3) is 0 Å². The highest BCUT2D eigenvalue weighted by atomic mass is 16.6. The molecule has 0 bridgehead atoms. The molecule has 0 amide bonds. The average molecular weight is 281 g/mol. The molecule has 21 heavy (non-hydrogen) atoms. The van der Waals surface area contributed by atoms with Gasteiger partial charge in [0.15, 0.2) is 6.23 Å². The minimum atomic E-state index is -1.49. The second kappa shape index (κ2) is 5.43. The van der Waals surface area contributed by atoms with Gasteiger partial charge >= 0.3 is 0 Å². The molecule has 2 aromatic carbocycles. The Kier molecular flexibility index (Phi) is 3.62. The third kappa shape index (κ3) is 2.50. The minimum Gasteiger partial charge on any atom is -0.357 e. The second-order valence-corrected chi connectivity index (χ2v) is 5.61. The molecule has 1 heterocycles. The topological polar surface area (TPSA) is 41.8 Å². The molecule has 0 radical (unpaired) electrons. The summed E-state index contributed by atoms with van der Waals surface area (Å²) in [4.78, 5) is 4.63. The van der Waals surface area contributed by atoms with Gasteiger partial charge in [0.1, 0.15) is 5.71 Å². The monoisotopic (exact) mass is 281 g/mol. The number of aliphatic imine (C=N–C) groups is 1. The van der Waals surface area contributed by atoms with Gasteiger partial charge in [-0.2, -0.15) is 0 Å². The minimum absolute atomic E-state index is 0.196. The summed E-state index contributed by atoms with van der Waals surface area (Å²) in [6.45, 7) is 4.07. The van der Waals surface area contributed by atoms with Crippen LogP contribution in [-0.4, -0.2) is 17.0 Å². The van der Waals surface area contributed by atoms with Crippen LogP contribution in [0, 0.1) is 5.92 Å². The van der Waals surface area contributed by atoms with Crippen molar-refractivity contribution >= 4 is 5.71 Å². The third-order valence-electron chi connectivity index (χ3n) is 3.65. The first kappa shape index (κ1) is 14.0. The van der Waals surface area contributed by atoms with Gasteiger partial charge in [-0.3, -0.25) is 4.99 Å². The molecular formula is C18H19NO2. The summed E-state index contributed by atoms with van der Waals surface area (Å²) in [5.41, 5.74) is 2.16. The van der Waals surface area contributed by atoms with Gasteiger partial charge in [-0.15, -0.1) is 0 Å². The maximum absolute atomic E-state index is 11.1. The van der Waals surface area contributed by atoms with E-state index in [4.69, 9.17) is 4.74 Å². The lowest BCUT2D eigenvalue weighted by atomic mass is 9.96. The number of hydrogen-bond donors (Lipinski definition) is 1. The van der Waals surface area contributed by atoms with Crippen molar-refractivity contribution in [2.75, 3.05) is 0 Å². The smallest absolute Gasteiger partial charge is 0.239 e. The summed E-state index contributed by atoms with van der Waals surface area (Å²) in [6.07, 6.45) is -0.342. The van der Waals surface area contributed by atoms with Gasteiger partial charge in [-0.25, -0.2) is 0 Å². The molecule has 3 nitrogen and oxygen atoms in total. The van der Waals surface area contributed by atoms with Crippen LogP contribution in [0.3, 0.4) is 0 Å². The fourth-order valence-electron chi connectivity index (χ4n) is 2.49. The standard InChI is InChI=1S/C18H19NO2/c1-13(2)17-19-16(14-9-5-3-6-10-14)18(20,21-17)15-11-7-4-8-12-15/h3-13,17,20H,1-2H3/t17-,18-/m1/s1. The lowest BCUT2D eigenvalue weighted by Crippen LogP contribution is -2.36. The van der Waals surface area contributed by atoms with Crippen molar-refractivity contribution in [2.45, 2.75) is 25.9 Å². The average Bonchev–Trinajstić information content (AvgIpc) is 2.89. The van der Waals surface area contributed by atoms with Crippen molar-refractivity contribution in [1.29, 1.82) is 0 Å². The van der Waals surface area contributed by atoms with E-state index in [9.17, 15) is 5.11 Å². The molecule has 0 spiro atoms. The quantitative estimate of drug-likeness (QED) is 0.937. The van der Waals surface area contributed by atoms with Crippen LogP contribution in [0.2, 0.25) is 0 Å². The summed E-state index contributed by atoms with van der Waals surface area (Å²) in [5.74, 6) is -1.29. The van der Waals surface area contributed by atoms with E-state index in [0.29, 0.717) is 11.3 Å². The van der Waals surface area contributed by atoms with Crippen LogP contribution in [0.1, 0.15) is 25.0 Å². The molecule has 0 aromatic heterocycles. The van der Waals surface area contributed by atoms with E-state index < -0.39 is 5.79 Å². The highest BCUT2D eigenvalue weighted by Gasteiger charge is 2.45. The number of benzene rings is 2. The first-order chi connectivity index (χ1) is 10.1. The van der Waals surface area contributed by atoms with Crippen molar-refractivity contribution in [3.63, 3.8) is 0 Å². The maximum atomic E-state index is 11.1. The zero-order valence-corrected chi connectivity index (χ0v) is 12.2. The Labute approximate surface area is 124 Å². The van der Waals surface area contributed by atoms with Gasteiger partial charge in [-0.1, -0.05) is 74.5 Å². The molecule has 3 rings (SSSR count). The largest absolute Gasteiger partial charge is 0.357 e. The van der Waals surface area contributed by atoms with Gasteiger partial charge < -0.3 is 9.84 Å². The first-order valence-corrected chi connectivity index (χ1v) is 7.20. The van der Waals surface area contributed by atoms with E-state index in [1.54, 1.807) is 0 Å². The van der Waals surface area contributed by atoms with Crippen molar-refractivity contribution in [3.8, 4) is 0 Å². The van der Waals surface area contributed by atoms with E-state index in [0.717, 1.165) is 5.56 Å². The van der Waals surface area contributed by atoms with Crippen LogP contribution in [0.25, 0.3) is 0 Å². The lowest BCUT2D eigenvalue weighted by Gasteiger charge is -2.26. The van der Waals surface area contributed by atoms with Crippen molar-refractivity contribution < 1.29 is 9.84 Å². The summed E-state index contributed by atoms with van der Waals surface area (Å²) in [7, 11) is 0. The normalized spacial score (nSPS) is 25.1. The number of hydrogen-bond acceptors (Lipinski definition) is 3. The highest BCUT2D eigenvalue weighted by molar-refractivity contribution is 6.06. The van der Waals surface area contributed by atoms with Gasteiger partial charge in [0.2, 0.25) is 5.79 Å². The van der Waals surface area contributed by atoms with Crippen LogP contribution < -0.4 is 0 Å². The predicted molar refractivity (Wildman–Crippen MR) is 83.0 cm³/mol. The van der Waals surface area contributed by atoms with Crippen LogP contribution in [0.4, 0.5) is 0 Å². The summed E-state index contributed by atoms with van der Waals surface area (Å²) >= 11 is 0. The second-order valence-electron chi connectivity index (χ2n) is 5.61. The molecule has 2 aromatic rings. The molecule has 0 fully saturated rings. The zero-order valence-electron chi connectivity index (χ0n) is 12.2. The summed E-state index contributed by atoms with van der Waals surface area (Å²) in [5, 5.41) is 11.1. The Morgan fingerprint density at radius 3 is 2.14 bits per heavy atom. The summed E-state index contributed by atoms with van der Waals surface area (Å²) in [6, 6.07) is 19.1. The predicted octanol–water partition coefficient (Wildman–Crippen LogP) is 3.33. The molecule has 0 saturated carbocycles. The molecule has 3 heteroatoms. The summed E-state index contributed by atoms with van der Waals surface area (Å²) < 4.78 is 5.92. The van der Waals surface area contributed by atoms with Crippen molar-refractivity contribution in [3.05, 3.63) is 71.8 Å². The van der Waals surface area contributed by atoms with E-state index >= 15 is 0 Å². The number of nitrogens with zero attached hydrogens (tertiary/aromatic N) is 1. The molecular weight excluding hydrogens is 262 g/mol. The Balaban J connectivity index is 2.09. The Bertz CT molecular complexity index is 637. The number of aliphatic hydroxyl groups is 1. The number of rotatable bonds is 3. The van der Waals surface area contributed by atoms with Gasteiger partial charge in [-0.05, 0) is 0 Å². The Morgan fingerprint density at radius 1 is 1.00 bits per heavy atom. The molecule has 1 aliphatic heterocycles. The van der Waals surface area contributed by atoms with Crippen LogP contribution in [0.15, 0.2) is 65.7 Å². The van der Waals surface area contributed by atoms with Crippen LogP contribution in [-0.2, 0) is 10.5 Å². The fraction of sp³-hybridized carbons (Fsp3) is 0.278. The van der Waals surface area contributed by atoms with Gasteiger partial charge in [0.05, 0.1) is 0 Å². The molecule has 0 unspecified atom stereocenters. The molecule has 1 aliphatic rings. The third-order valence-corrected chi connectivity index (χ3v) is 3.65. The van der Waals surface area contributed by atoms with Crippen molar-refractivity contribution in [1.82, 2.24) is 0 Å². The van der Waals surface area contributed by atoms with E-state index in [1.807, 2.05) is 74.5 Å². The Hall–Kier alpha value is -1.97. The fourth-order valence-corrected chi connectivity index (χ4v) is 2.49. The van der Waals surface area contributed by atoms with Crippen LogP contribution in [0.5, 0.6) is 0 Å². The highest BCUT2D eigenvalue weighted by Crippen LogP contribution is 2.36. The maximum Gasteiger partial charge on any atom is 0.239 e. The number of ether oxygens (including phenoxy) is 1. The van der Waals surface area contributed by atoms with E-state index in [1.165, 1.54) is 0 Å². The Morgan fingerprint density at radius 2 is 1.57 bits per heavy atom. The molecule has 2 atom stereocenters. The molecule has 0 saturated heterocycles. The SMILES string of the molecule is CC(C)[C@@H]1N=C(c2ccccc2)[C@@](O)(c2ccccc2)O1. The molecule has 1 N–H and O–H groups in total. The zero-order chi connectivity index (χ0) is 14.9.